The molecule has 0 saturated heterocycles. The quantitative estimate of drug-likeness (QED) is 0.918. The van der Waals surface area contributed by atoms with Crippen LogP contribution in [0.15, 0.2) is 18.2 Å². The summed E-state index contributed by atoms with van der Waals surface area (Å²) in [5.41, 5.74) is 3.81. The highest BCUT2D eigenvalue weighted by atomic mass is 15.4. The van der Waals surface area contributed by atoms with E-state index in [1.165, 1.54) is 23.4 Å². The third-order valence-corrected chi connectivity index (χ3v) is 3.65. The average Bonchev–Trinajstić information content (AvgIpc) is 2.90. The molecule has 1 aliphatic heterocycles. The molecule has 0 atom stereocenters. The van der Waals surface area contributed by atoms with Crippen LogP contribution in [-0.4, -0.2) is 21.3 Å². The van der Waals surface area contributed by atoms with Crippen molar-refractivity contribution in [1.29, 1.82) is 0 Å². The van der Waals surface area contributed by atoms with Crippen molar-refractivity contribution < 1.29 is 0 Å². The number of aryl methyl sites for hydroxylation is 2. The van der Waals surface area contributed by atoms with Crippen molar-refractivity contribution in [2.45, 2.75) is 39.5 Å². The molecule has 0 spiro atoms. The maximum atomic E-state index is 4.66. The Labute approximate surface area is 113 Å². The summed E-state index contributed by atoms with van der Waals surface area (Å²) in [4.78, 5) is 4.60. The lowest BCUT2D eigenvalue weighted by molar-refractivity contribution is 0.759. The third kappa shape index (κ3) is 2.11. The monoisotopic (exact) mass is 256 g/mol. The zero-order chi connectivity index (χ0) is 13.2. The van der Waals surface area contributed by atoms with E-state index in [0.29, 0.717) is 0 Å². The summed E-state index contributed by atoms with van der Waals surface area (Å²) in [5.74, 6) is 1.98. The van der Waals surface area contributed by atoms with Crippen LogP contribution >= 0.6 is 0 Å². The van der Waals surface area contributed by atoms with Crippen LogP contribution < -0.4 is 5.32 Å². The number of rotatable bonds is 3. The van der Waals surface area contributed by atoms with Crippen molar-refractivity contribution in [3.05, 3.63) is 35.4 Å². The van der Waals surface area contributed by atoms with Gasteiger partial charge in [0.1, 0.15) is 5.82 Å². The van der Waals surface area contributed by atoms with Crippen LogP contribution in [0.5, 0.6) is 0 Å². The molecule has 19 heavy (non-hydrogen) atoms. The summed E-state index contributed by atoms with van der Waals surface area (Å²) in [6.45, 7) is 5.30. The molecule has 2 aromatic rings. The Morgan fingerprint density at radius 3 is 2.95 bits per heavy atom. The lowest BCUT2D eigenvalue weighted by Crippen LogP contribution is -2.15. The van der Waals surface area contributed by atoms with Gasteiger partial charge in [-0.3, -0.25) is 0 Å². The number of nitrogens with zero attached hydrogens (tertiary/aromatic N) is 3. The molecule has 0 amide bonds. The molecule has 0 aliphatic carbocycles. The van der Waals surface area contributed by atoms with Gasteiger partial charge in [0.25, 0.3) is 0 Å². The first-order chi connectivity index (χ1) is 9.33. The summed E-state index contributed by atoms with van der Waals surface area (Å²) >= 11 is 0. The molecule has 4 nitrogen and oxygen atoms in total. The predicted molar refractivity (Wildman–Crippen MR) is 76.9 cm³/mol. The van der Waals surface area contributed by atoms with Crippen molar-refractivity contribution in [2.75, 3.05) is 11.9 Å². The lowest BCUT2D eigenvalue weighted by atomic mass is 10.0. The van der Waals surface area contributed by atoms with Gasteiger partial charge in [-0.05, 0) is 25.0 Å². The van der Waals surface area contributed by atoms with Crippen molar-refractivity contribution in [2.24, 2.45) is 0 Å². The van der Waals surface area contributed by atoms with Gasteiger partial charge in [0.15, 0.2) is 5.82 Å². The molecule has 0 bridgehead atoms. The second kappa shape index (κ2) is 5.03. The van der Waals surface area contributed by atoms with E-state index in [0.717, 1.165) is 37.5 Å². The van der Waals surface area contributed by atoms with E-state index in [1.54, 1.807) is 0 Å². The summed E-state index contributed by atoms with van der Waals surface area (Å²) in [6, 6.07) is 6.40. The Morgan fingerprint density at radius 2 is 2.16 bits per heavy atom. The number of nitrogens with one attached hydrogen (secondary N) is 1. The van der Waals surface area contributed by atoms with Crippen LogP contribution in [0, 0.1) is 0 Å². The molecule has 1 aromatic heterocycles. The second-order valence-corrected chi connectivity index (χ2v) is 4.90. The first-order valence-corrected chi connectivity index (χ1v) is 7.14. The second-order valence-electron chi connectivity index (χ2n) is 4.90. The van der Waals surface area contributed by atoms with Gasteiger partial charge in [-0.2, -0.15) is 5.10 Å². The molecule has 100 valence electrons. The van der Waals surface area contributed by atoms with Crippen molar-refractivity contribution in [3.63, 3.8) is 0 Å². The molecule has 4 heteroatoms. The lowest BCUT2D eigenvalue weighted by Gasteiger charge is -2.21. The fourth-order valence-electron chi connectivity index (χ4n) is 2.65. The molecule has 1 aliphatic rings. The number of aromatic nitrogens is 3. The van der Waals surface area contributed by atoms with Crippen molar-refractivity contribution >= 4 is 5.69 Å². The van der Waals surface area contributed by atoms with Gasteiger partial charge in [0.2, 0.25) is 0 Å². The summed E-state index contributed by atoms with van der Waals surface area (Å²) in [6.07, 6.45) is 4.08. The van der Waals surface area contributed by atoms with Crippen LogP contribution in [0.2, 0.25) is 0 Å². The van der Waals surface area contributed by atoms with E-state index in [4.69, 9.17) is 0 Å². The fraction of sp³-hybridized carbons (Fsp3) is 0.467. The van der Waals surface area contributed by atoms with Gasteiger partial charge in [0.05, 0.1) is 5.69 Å². The first kappa shape index (κ1) is 12.2. The molecule has 0 unspecified atom stereocenters. The van der Waals surface area contributed by atoms with E-state index in [2.05, 4.69) is 47.4 Å². The normalized spacial score (nSPS) is 14.0. The van der Waals surface area contributed by atoms with Gasteiger partial charge in [-0.1, -0.05) is 19.9 Å². The van der Waals surface area contributed by atoms with E-state index in [9.17, 15) is 0 Å². The number of hydrogen-bond acceptors (Lipinski definition) is 3. The topological polar surface area (TPSA) is 42.7 Å². The molecule has 0 fully saturated rings. The zero-order valence-corrected chi connectivity index (χ0v) is 11.6. The Bertz CT molecular complexity index is 586. The minimum absolute atomic E-state index is 0.882. The molecule has 3 rings (SSSR count). The van der Waals surface area contributed by atoms with Crippen LogP contribution in [0.4, 0.5) is 5.69 Å². The average molecular weight is 256 g/mol. The molecular weight excluding hydrogens is 236 g/mol. The number of benzene rings is 1. The van der Waals surface area contributed by atoms with Crippen LogP contribution in [-0.2, 0) is 19.3 Å². The largest absolute Gasteiger partial charge is 0.385 e. The maximum Gasteiger partial charge on any atom is 0.151 e. The van der Waals surface area contributed by atoms with Gasteiger partial charge in [-0.15, -0.1) is 0 Å². The van der Waals surface area contributed by atoms with Crippen molar-refractivity contribution in [1.82, 2.24) is 14.8 Å². The van der Waals surface area contributed by atoms with E-state index < -0.39 is 0 Å². The van der Waals surface area contributed by atoms with E-state index in [-0.39, 0.29) is 0 Å². The van der Waals surface area contributed by atoms with Crippen LogP contribution in [0.1, 0.15) is 37.5 Å². The minimum atomic E-state index is 0.882. The van der Waals surface area contributed by atoms with Gasteiger partial charge >= 0.3 is 0 Å². The summed E-state index contributed by atoms with van der Waals surface area (Å²) < 4.78 is 2.03. The molecule has 1 N–H and O–H groups in total. The Morgan fingerprint density at radius 1 is 1.26 bits per heavy atom. The molecular formula is C15H20N4. The minimum Gasteiger partial charge on any atom is -0.385 e. The van der Waals surface area contributed by atoms with Crippen LogP contribution in [0.3, 0.4) is 0 Å². The highest BCUT2D eigenvalue weighted by molar-refractivity contribution is 5.61. The van der Waals surface area contributed by atoms with Crippen LogP contribution in [0.25, 0.3) is 5.69 Å². The Balaban J connectivity index is 2.13. The molecule has 0 saturated carbocycles. The van der Waals surface area contributed by atoms with Crippen molar-refractivity contribution in [3.8, 4) is 5.69 Å². The number of anilines is 1. The predicted octanol–water partition coefficient (Wildman–Crippen LogP) is 2.75. The smallest absolute Gasteiger partial charge is 0.151 e. The Kier molecular flexibility index (Phi) is 3.23. The Hall–Kier alpha value is -1.84. The maximum absolute atomic E-state index is 4.66. The van der Waals surface area contributed by atoms with Gasteiger partial charge in [-0.25, -0.2) is 9.67 Å². The number of fused-ring (bicyclic) bond motifs is 1. The summed E-state index contributed by atoms with van der Waals surface area (Å²) in [5, 5.41) is 8.13. The highest BCUT2D eigenvalue weighted by Crippen LogP contribution is 2.28. The standard InChI is InChI=1S/C15H20N4/c1-3-14-17-15(4-2)19(18-14)13-9-5-8-12-11(13)7-6-10-16-12/h5,8-9,16H,3-4,6-7,10H2,1-2H3. The zero-order valence-electron chi connectivity index (χ0n) is 11.6. The SMILES string of the molecule is CCc1nc(CC)n(-c2cccc3c2CCCN3)n1. The summed E-state index contributed by atoms with van der Waals surface area (Å²) in [7, 11) is 0. The molecule has 0 radical (unpaired) electrons. The fourth-order valence-corrected chi connectivity index (χ4v) is 2.65. The van der Waals surface area contributed by atoms with E-state index >= 15 is 0 Å². The van der Waals surface area contributed by atoms with E-state index in [1.807, 2.05) is 4.68 Å². The van der Waals surface area contributed by atoms with Gasteiger partial charge < -0.3 is 5.32 Å². The highest BCUT2D eigenvalue weighted by Gasteiger charge is 2.17. The third-order valence-electron chi connectivity index (χ3n) is 3.65. The molecule has 2 heterocycles. The first-order valence-electron chi connectivity index (χ1n) is 7.14. The number of hydrogen-bond donors (Lipinski definition) is 1. The molecule has 1 aromatic carbocycles. The van der Waals surface area contributed by atoms with Gasteiger partial charge in [0, 0.05) is 30.6 Å².